The van der Waals surface area contributed by atoms with E-state index in [-0.39, 0.29) is 52.6 Å². The Hall–Kier alpha value is -3.30. The molecule has 0 saturated carbocycles. The van der Waals surface area contributed by atoms with E-state index in [0.717, 1.165) is 0 Å². The Morgan fingerprint density at radius 3 is 2.52 bits per heavy atom. The molecule has 10 heteroatoms. The second kappa shape index (κ2) is 9.23. The number of carboxylic acid groups (broad SMARTS) is 1. The van der Waals surface area contributed by atoms with Gasteiger partial charge >= 0.3 is 6.16 Å². The third-order valence-electron chi connectivity index (χ3n) is 4.67. The van der Waals surface area contributed by atoms with Gasteiger partial charge in [0.1, 0.15) is 5.82 Å². The van der Waals surface area contributed by atoms with Crippen molar-refractivity contribution >= 4 is 28.7 Å². The van der Waals surface area contributed by atoms with Crippen LogP contribution in [-0.2, 0) is 13.0 Å². The minimum atomic E-state index is -1.66. The molecular weight excluding hydrogens is 433 g/mol. The van der Waals surface area contributed by atoms with Crippen LogP contribution in [0.2, 0.25) is 5.02 Å². The third-order valence-corrected chi connectivity index (χ3v) is 4.97. The average molecular weight is 452 g/mol. The molecule has 8 nitrogen and oxygen atoms in total. The Kier molecular flexibility index (Phi) is 6.67. The number of aliphatic hydroxyl groups excluding tert-OH is 1. The van der Waals surface area contributed by atoms with Gasteiger partial charge in [-0.1, -0.05) is 23.7 Å². The van der Waals surface area contributed by atoms with Crippen molar-refractivity contribution in [2.24, 2.45) is 0 Å². The molecule has 1 heterocycles. The van der Waals surface area contributed by atoms with Crippen molar-refractivity contribution in [3.63, 3.8) is 0 Å². The summed E-state index contributed by atoms with van der Waals surface area (Å²) in [7, 11) is 2.77. The van der Waals surface area contributed by atoms with Gasteiger partial charge in [0.15, 0.2) is 17.2 Å². The molecule has 31 heavy (non-hydrogen) atoms. The first-order valence-electron chi connectivity index (χ1n) is 9.07. The monoisotopic (exact) mass is 451 g/mol. The minimum Gasteiger partial charge on any atom is -0.492 e. The van der Waals surface area contributed by atoms with E-state index in [0.29, 0.717) is 5.56 Å². The molecule has 0 aliphatic rings. The zero-order valence-electron chi connectivity index (χ0n) is 16.6. The summed E-state index contributed by atoms with van der Waals surface area (Å²) in [6.07, 6.45) is -0.466. The van der Waals surface area contributed by atoms with Crippen LogP contribution in [0.1, 0.15) is 11.1 Å². The molecule has 0 spiro atoms. The fraction of sp³-hybridized carbons (Fsp3) is 0.238. The van der Waals surface area contributed by atoms with Gasteiger partial charge in [-0.05, 0) is 17.7 Å². The number of aromatic nitrogens is 1. The number of rotatable bonds is 7. The molecule has 0 bridgehead atoms. The molecule has 0 amide bonds. The van der Waals surface area contributed by atoms with Crippen molar-refractivity contribution < 1.29 is 33.6 Å². The normalized spacial score (nSPS) is 10.9. The average Bonchev–Trinajstić information content (AvgIpc) is 2.73. The second-order valence-electron chi connectivity index (χ2n) is 6.50. The van der Waals surface area contributed by atoms with Gasteiger partial charge in [0.05, 0.1) is 42.9 Å². The number of hydrogen-bond acceptors (Lipinski definition) is 6. The van der Waals surface area contributed by atoms with E-state index in [1.54, 1.807) is 12.1 Å². The van der Waals surface area contributed by atoms with Gasteiger partial charge in [0, 0.05) is 18.5 Å². The van der Waals surface area contributed by atoms with Gasteiger partial charge in [0.25, 0.3) is 0 Å². The Labute approximate surface area is 181 Å². The minimum absolute atomic E-state index is 0.0192. The predicted octanol–water partition coefficient (Wildman–Crippen LogP) is 3.45. The number of methoxy groups -OCH3 is 2. The van der Waals surface area contributed by atoms with Crippen LogP contribution < -0.4 is 19.6 Å². The molecule has 0 atom stereocenters. The molecular formula is C21H19ClFNO7. The van der Waals surface area contributed by atoms with Crippen molar-refractivity contribution in [3.8, 4) is 17.2 Å². The van der Waals surface area contributed by atoms with E-state index in [9.17, 15) is 19.1 Å². The van der Waals surface area contributed by atoms with Gasteiger partial charge in [-0.3, -0.25) is 4.79 Å². The standard InChI is InChI=1S/C21H19ClFNO7/c1-29-19-12(8-11-4-3-5-14(22)16(11)23)9-13-17(20(19)30-2)24(6-7-25)10-15(18(13)26)31-21(27)28/h3-5,9-10,25H,6-8H2,1-2H3,(H,27,28). The van der Waals surface area contributed by atoms with E-state index >= 15 is 0 Å². The molecule has 0 aliphatic heterocycles. The third kappa shape index (κ3) is 4.28. The summed E-state index contributed by atoms with van der Waals surface area (Å²) in [6.45, 7) is -0.278. The topological polar surface area (TPSA) is 107 Å². The molecule has 0 fully saturated rings. The summed E-state index contributed by atoms with van der Waals surface area (Å²) in [5, 5.41) is 18.4. The van der Waals surface area contributed by atoms with Gasteiger partial charge in [-0.2, -0.15) is 0 Å². The molecule has 0 saturated heterocycles. The Morgan fingerprint density at radius 2 is 1.90 bits per heavy atom. The lowest BCUT2D eigenvalue weighted by molar-refractivity contribution is 0.143. The maximum atomic E-state index is 14.5. The van der Waals surface area contributed by atoms with Crippen molar-refractivity contribution in [1.82, 2.24) is 4.57 Å². The lowest BCUT2D eigenvalue weighted by Gasteiger charge is -2.19. The van der Waals surface area contributed by atoms with Crippen LogP contribution in [0.3, 0.4) is 0 Å². The highest BCUT2D eigenvalue weighted by molar-refractivity contribution is 6.30. The van der Waals surface area contributed by atoms with Crippen molar-refractivity contribution in [2.45, 2.75) is 13.0 Å². The fourth-order valence-corrected chi connectivity index (χ4v) is 3.62. The largest absolute Gasteiger partial charge is 0.511 e. The van der Waals surface area contributed by atoms with Gasteiger partial charge in [0.2, 0.25) is 5.43 Å². The molecule has 3 aromatic rings. The summed E-state index contributed by atoms with van der Waals surface area (Å²) in [5.74, 6) is -0.622. The number of pyridine rings is 1. The van der Waals surface area contributed by atoms with E-state index < -0.39 is 23.2 Å². The molecule has 164 valence electrons. The molecule has 0 aliphatic carbocycles. The highest BCUT2D eigenvalue weighted by Crippen LogP contribution is 2.40. The predicted molar refractivity (Wildman–Crippen MR) is 111 cm³/mol. The molecule has 2 aromatic carbocycles. The number of benzene rings is 2. The first-order valence-corrected chi connectivity index (χ1v) is 9.45. The number of aliphatic hydroxyl groups is 1. The maximum absolute atomic E-state index is 14.5. The molecule has 2 N–H and O–H groups in total. The number of halogens is 2. The zero-order valence-corrected chi connectivity index (χ0v) is 17.4. The lowest BCUT2D eigenvalue weighted by Crippen LogP contribution is -2.18. The number of hydrogen-bond donors (Lipinski definition) is 2. The summed E-state index contributed by atoms with van der Waals surface area (Å²) in [5.41, 5.74) is 0.237. The molecule has 0 unspecified atom stereocenters. The SMILES string of the molecule is COc1c(Cc2cccc(Cl)c2F)cc2c(=O)c(OC(=O)O)cn(CCO)c2c1OC. The van der Waals surface area contributed by atoms with Crippen LogP contribution in [0.5, 0.6) is 17.2 Å². The number of fused-ring (bicyclic) bond motifs is 1. The number of carbonyl (C=O) groups is 1. The highest BCUT2D eigenvalue weighted by Gasteiger charge is 2.23. The van der Waals surface area contributed by atoms with E-state index in [1.807, 2.05) is 0 Å². The maximum Gasteiger partial charge on any atom is 0.511 e. The summed E-state index contributed by atoms with van der Waals surface area (Å²) in [6, 6.07) is 6.02. The van der Waals surface area contributed by atoms with Crippen LogP contribution in [0.25, 0.3) is 10.9 Å². The fourth-order valence-electron chi connectivity index (χ4n) is 3.42. The molecule has 0 radical (unpaired) electrons. The van der Waals surface area contributed by atoms with Gasteiger partial charge in [-0.15, -0.1) is 0 Å². The van der Waals surface area contributed by atoms with E-state index in [1.165, 1.54) is 37.1 Å². The lowest BCUT2D eigenvalue weighted by atomic mass is 10.00. The summed E-state index contributed by atoms with van der Waals surface area (Å²) in [4.78, 5) is 24.0. The summed E-state index contributed by atoms with van der Waals surface area (Å²) >= 11 is 5.88. The van der Waals surface area contributed by atoms with Crippen LogP contribution in [0.4, 0.5) is 9.18 Å². The summed E-state index contributed by atoms with van der Waals surface area (Å²) < 4.78 is 31.5. The quantitative estimate of drug-likeness (QED) is 0.530. The Bertz CT molecular complexity index is 1210. The number of nitrogens with zero attached hydrogens (tertiary/aromatic N) is 1. The van der Waals surface area contributed by atoms with Crippen molar-refractivity contribution in [1.29, 1.82) is 0 Å². The number of ether oxygens (including phenoxy) is 3. The van der Waals surface area contributed by atoms with Crippen molar-refractivity contribution in [3.05, 3.63) is 62.7 Å². The van der Waals surface area contributed by atoms with Gasteiger partial charge in [-0.25, -0.2) is 9.18 Å². The van der Waals surface area contributed by atoms with Crippen LogP contribution >= 0.6 is 11.6 Å². The molecule has 1 aromatic heterocycles. The van der Waals surface area contributed by atoms with E-state index in [2.05, 4.69) is 4.74 Å². The van der Waals surface area contributed by atoms with Crippen LogP contribution in [0.15, 0.2) is 35.3 Å². The molecule has 3 rings (SSSR count). The Morgan fingerprint density at radius 1 is 1.19 bits per heavy atom. The van der Waals surface area contributed by atoms with Gasteiger partial charge < -0.3 is 29.0 Å². The van der Waals surface area contributed by atoms with E-state index in [4.69, 9.17) is 26.2 Å². The first-order chi connectivity index (χ1) is 14.8. The zero-order chi connectivity index (χ0) is 22.7. The second-order valence-corrected chi connectivity index (χ2v) is 6.90. The smallest absolute Gasteiger partial charge is 0.492 e. The van der Waals surface area contributed by atoms with Crippen LogP contribution in [-0.4, -0.2) is 41.8 Å². The Balaban J connectivity index is 2.35. The van der Waals surface area contributed by atoms with Crippen molar-refractivity contribution in [2.75, 3.05) is 20.8 Å². The first kappa shape index (κ1) is 22.4. The highest BCUT2D eigenvalue weighted by atomic mass is 35.5. The van der Waals surface area contributed by atoms with Crippen LogP contribution in [0, 0.1) is 5.82 Å².